The molecule has 2 heterocycles. The van der Waals surface area contributed by atoms with Crippen molar-refractivity contribution in [2.24, 2.45) is 0 Å². The summed E-state index contributed by atoms with van der Waals surface area (Å²) in [5.74, 6) is 3.11. The molecule has 1 atom stereocenters. The molecule has 2 aromatic carbocycles. The molecular formula is C22H25NO6. The first-order chi connectivity index (χ1) is 14.1. The molecule has 2 aromatic rings. The lowest BCUT2D eigenvalue weighted by Gasteiger charge is -2.35. The smallest absolute Gasteiger partial charge is 0.231 e. The van der Waals surface area contributed by atoms with E-state index in [9.17, 15) is 4.79 Å². The molecular weight excluding hydrogens is 374 g/mol. The first-order valence-corrected chi connectivity index (χ1v) is 9.52. The van der Waals surface area contributed by atoms with E-state index in [1.807, 2.05) is 13.1 Å². The van der Waals surface area contributed by atoms with Crippen LogP contribution in [0.5, 0.6) is 28.7 Å². The maximum absolute atomic E-state index is 13.2. The van der Waals surface area contributed by atoms with Gasteiger partial charge in [0.05, 0.1) is 26.9 Å². The Morgan fingerprint density at radius 3 is 2.69 bits per heavy atom. The topological polar surface area (TPSA) is 66.5 Å². The number of carbonyl (C=O) groups is 1. The maximum Gasteiger partial charge on any atom is 0.231 e. The lowest BCUT2D eigenvalue weighted by Crippen LogP contribution is -2.34. The summed E-state index contributed by atoms with van der Waals surface area (Å²) in [6.45, 7) is 1.02. The quantitative estimate of drug-likeness (QED) is 0.691. The summed E-state index contributed by atoms with van der Waals surface area (Å²) in [6, 6.07) is 7.12. The Balaban J connectivity index is 1.71. The first-order valence-electron chi connectivity index (χ1n) is 9.52. The number of benzene rings is 2. The minimum absolute atomic E-state index is 0.00563. The van der Waals surface area contributed by atoms with E-state index in [2.05, 4.69) is 4.90 Å². The summed E-state index contributed by atoms with van der Waals surface area (Å²) in [6.07, 6.45) is 1.15. The minimum atomic E-state index is -0.137. The van der Waals surface area contributed by atoms with Crippen LogP contribution >= 0.6 is 0 Å². The fourth-order valence-electron chi connectivity index (χ4n) is 4.10. The number of carbonyl (C=O) groups excluding carboxylic acids is 1. The standard InChI is InChI=1S/C22H25NO6/c1-23-8-7-13-9-19-21(29-12-28-19)22(27-4)20(13)16(23)11-17(24)15-6-5-14(25-2)10-18(15)26-3/h5-6,9-10,16H,7-8,11-12H2,1-4H3. The van der Waals surface area contributed by atoms with Crippen LogP contribution in [0.1, 0.15) is 33.9 Å². The lowest BCUT2D eigenvalue weighted by molar-refractivity contribution is 0.0922. The Hall–Kier alpha value is -2.93. The van der Waals surface area contributed by atoms with Crippen LogP contribution in [0.3, 0.4) is 0 Å². The van der Waals surface area contributed by atoms with E-state index >= 15 is 0 Å². The van der Waals surface area contributed by atoms with Gasteiger partial charge in [-0.2, -0.15) is 0 Å². The largest absolute Gasteiger partial charge is 0.497 e. The molecule has 154 valence electrons. The Kier molecular flexibility index (Phi) is 5.24. The molecule has 7 heteroatoms. The number of ether oxygens (including phenoxy) is 5. The van der Waals surface area contributed by atoms with E-state index in [1.165, 1.54) is 0 Å². The average molecular weight is 399 g/mol. The molecule has 2 aliphatic heterocycles. The highest BCUT2D eigenvalue weighted by molar-refractivity contribution is 5.99. The summed E-state index contributed by atoms with van der Waals surface area (Å²) >= 11 is 0. The molecule has 0 aliphatic carbocycles. The van der Waals surface area contributed by atoms with Crippen molar-refractivity contribution in [3.63, 3.8) is 0 Å². The molecule has 1 unspecified atom stereocenters. The molecule has 0 fully saturated rings. The highest BCUT2D eigenvalue weighted by Gasteiger charge is 2.35. The Morgan fingerprint density at radius 1 is 1.14 bits per heavy atom. The van der Waals surface area contributed by atoms with Crippen molar-refractivity contribution in [2.45, 2.75) is 18.9 Å². The molecule has 0 N–H and O–H groups in total. The number of hydrogen-bond acceptors (Lipinski definition) is 7. The zero-order valence-corrected chi connectivity index (χ0v) is 17.1. The van der Waals surface area contributed by atoms with Gasteiger partial charge in [0.2, 0.25) is 12.5 Å². The molecule has 7 nitrogen and oxygen atoms in total. The molecule has 0 spiro atoms. The van der Waals surface area contributed by atoms with Gasteiger partial charge in [-0.05, 0) is 37.2 Å². The predicted octanol–water partition coefficient (Wildman–Crippen LogP) is 3.24. The third kappa shape index (κ3) is 3.35. The van der Waals surface area contributed by atoms with Gasteiger partial charge in [-0.3, -0.25) is 9.69 Å². The molecule has 0 amide bonds. The van der Waals surface area contributed by atoms with Crippen LogP contribution in [0.25, 0.3) is 0 Å². The van der Waals surface area contributed by atoms with Crippen LogP contribution in [0.4, 0.5) is 0 Å². The average Bonchev–Trinajstić information content (AvgIpc) is 3.21. The van der Waals surface area contributed by atoms with Crippen molar-refractivity contribution in [2.75, 3.05) is 41.7 Å². The van der Waals surface area contributed by atoms with Crippen molar-refractivity contribution in [3.05, 3.63) is 41.0 Å². The molecule has 0 saturated carbocycles. The van der Waals surface area contributed by atoms with Gasteiger partial charge in [0.25, 0.3) is 0 Å². The highest BCUT2D eigenvalue weighted by Crippen LogP contribution is 2.50. The zero-order chi connectivity index (χ0) is 20.5. The van der Waals surface area contributed by atoms with Crippen molar-refractivity contribution in [1.29, 1.82) is 0 Å². The van der Waals surface area contributed by atoms with E-state index in [1.54, 1.807) is 39.5 Å². The van der Waals surface area contributed by atoms with Crippen LogP contribution in [-0.2, 0) is 6.42 Å². The third-order valence-electron chi connectivity index (χ3n) is 5.63. The number of ketones is 1. The van der Waals surface area contributed by atoms with Gasteiger partial charge in [0.15, 0.2) is 17.3 Å². The van der Waals surface area contributed by atoms with Crippen molar-refractivity contribution in [3.8, 4) is 28.7 Å². The number of rotatable bonds is 6. The van der Waals surface area contributed by atoms with Crippen LogP contribution in [0.15, 0.2) is 24.3 Å². The highest BCUT2D eigenvalue weighted by atomic mass is 16.7. The minimum Gasteiger partial charge on any atom is -0.497 e. The number of methoxy groups -OCH3 is 3. The van der Waals surface area contributed by atoms with Crippen LogP contribution in [-0.4, -0.2) is 52.4 Å². The molecule has 0 saturated heterocycles. The monoisotopic (exact) mass is 399 g/mol. The third-order valence-corrected chi connectivity index (χ3v) is 5.63. The van der Waals surface area contributed by atoms with Gasteiger partial charge in [-0.1, -0.05) is 0 Å². The van der Waals surface area contributed by atoms with Gasteiger partial charge in [-0.15, -0.1) is 0 Å². The molecule has 0 bridgehead atoms. The molecule has 0 radical (unpaired) electrons. The summed E-state index contributed by atoms with van der Waals surface area (Å²) in [5.41, 5.74) is 2.66. The lowest BCUT2D eigenvalue weighted by atomic mass is 9.87. The second kappa shape index (κ2) is 7.83. The second-order valence-electron chi connectivity index (χ2n) is 7.16. The Labute approximate surface area is 170 Å². The molecule has 29 heavy (non-hydrogen) atoms. The second-order valence-corrected chi connectivity index (χ2v) is 7.16. The van der Waals surface area contributed by atoms with Gasteiger partial charge in [0.1, 0.15) is 11.5 Å². The Morgan fingerprint density at radius 2 is 1.97 bits per heavy atom. The van der Waals surface area contributed by atoms with E-state index in [-0.39, 0.29) is 18.6 Å². The first kappa shape index (κ1) is 19.4. The van der Waals surface area contributed by atoms with Gasteiger partial charge < -0.3 is 23.7 Å². The van der Waals surface area contributed by atoms with E-state index in [0.717, 1.165) is 24.1 Å². The van der Waals surface area contributed by atoms with Crippen LogP contribution in [0.2, 0.25) is 0 Å². The molecule has 0 aromatic heterocycles. The summed E-state index contributed by atoms with van der Waals surface area (Å²) in [7, 11) is 6.78. The number of fused-ring (bicyclic) bond motifs is 2. The molecule has 4 rings (SSSR count). The summed E-state index contributed by atoms with van der Waals surface area (Å²) in [4.78, 5) is 15.4. The number of Topliss-reactive ketones (excluding diaryl/α,β-unsaturated/α-hetero) is 1. The Bertz CT molecular complexity index is 941. The summed E-state index contributed by atoms with van der Waals surface area (Å²) < 4.78 is 27.6. The van der Waals surface area contributed by atoms with Crippen molar-refractivity contribution < 1.29 is 28.5 Å². The molecule has 2 aliphatic rings. The summed E-state index contributed by atoms with van der Waals surface area (Å²) in [5, 5.41) is 0. The van der Waals surface area contributed by atoms with E-state index < -0.39 is 0 Å². The number of nitrogens with zero attached hydrogens (tertiary/aromatic N) is 1. The van der Waals surface area contributed by atoms with E-state index in [0.29, 0.717) is 40.7 Å². The van der Waals surface area contributed by atoms with E-state index in [4.69, 9.17) is 23.7 Å². The van der Waals surface area contributed by atoms with Crippen molar-refractivity contribution >= 4 is 5.78 Å². The predicted molar refractivity (Wildman–Crippen MR) is 107 cm³/mol. The number of likely N-dealkylation sites (N-methyl/N-ethyl adjacent to an activating group) is 1. The van der Waals surface area contributed by atoms with Gasteiger partial charge in [-0.25, -0.2) is 0 Å². The fourth-order valence-corrected chi connectivity index (χ4v) is 4.10. The SMILES string of the molecule is COc1ccc(C(=O)CC2c3c(cc4c(c3OC)OCO4)CCN2C)c(OC)c1. The fraction of sp³-hybridized carbons (Fsp3) is 0.409. The van der Waals surface area contributed by atoms with Crippen LogP contribution < -0.4 is 23.7 Å². The number of hydrogen-bond donors (Lipinski definition) is 0. The van der Waals surface area contributed by atoms with Crippen molar-refractivity contribution in [1.82, 2.24) is 4.90 Å². The van der Waals surface area contributed by atoms with Gasteiger partial charge in [0, 0.05) is 30.6 Å². The maximum atomic E-state index is 13.2. The normalized spacial score (nSPS) is 17.6. The van der Waals surface area contributed by atoms with Crippen LogP contribution in [0, 0.1) is 0 Å². The van der Waals surface area contributed by atoms with Gasteiger partial charge >= 0.3 is 0 Å². The zero-order valence-electron chi connectivity index (χ0n) is 17.1.